The lowest BCUT2D eigenvalue weighted by atomic mass is 10.2. The van der Waals surface area contributed by atoms with Crippen LogP contribution in [0.3, 0.4) is 0 Å². The molecule has 0 aliphatic rings. The summed E-state index contributed by atoms with van der Waals surface area (Å²) in [7, 11) is -0.341. The number of hydrogen-bond acceptors (Lipinski definition) is 4. The second-order valence-corrected chi connectivity index (χ2v) is 7.34. The molecule has 2 aromatic carbocycles. The van der Waals surface area contributed by atoms with E-state index in [-0.39, 0.29) is 4.90 Å². The summed E-state index contributed by atoms with van der Waals surface area (Å²) in [6, 6.07) is 14.8. The molecule has 130 valence electrons. The molecule has 24 heavy (non-hydrogen) atoms. The van der Waals surface area contributed by atoms with E-state index < -0.39 is 10.0 Å². The monoisotopic (exact) mass is 348 g/mol. The number of nitrogens with one attached hydrogen (secondary N) is 1. The van der Waals surface area contributed by atoms with Crippen LogP contribution in [0.25, 0.3) is 0 Å². The second kappa shape index (κ2) is 8.28. The van der Waals surface area contributed by atoms with Gasteiger partial charge in [-0.1, -0.05) is 43.3 Å². The molecule has 0 saturated carbocycles. The maximum Gasteiger partial charge on any atom is 0.247 e. The van der Waals surface area contributed by atoms with Crippen molar-refractivity contribution in [1.82, 2.24) is 9.62 Å². The molecular weight excluding hydrogens is 324 g/mol. The number of methoxy groups -OCH3 is 1. The Balaban J connectivity index is 2.41. The van der Waals surface area contributed by atoms with Crippen LogP contribution in [0.1, 0.15) is 18.1 Å². The molecule has 0 radical (unpaired) electrons. The Morgan fingerprint density at radius 2 is 1.79 bits per heavy atom. The van der Waals surface area contributed by atoms with Crippen molar-refractivity contribution in [3.63, 3.8) is 0 Å². The van der Waals surface area contributed by atoms with E-state index in [2.05, 4.69) is 5.32 Å². The number of hydrogen-bond donors (Lipinski definition) is 1. The maximum absolute atomic E-state index is 13.1. The van der Waals surface area contributed by atoms with Crippen LogP contribution in [0.15, 0.2) is 53.4 Å². The predicted molar refractivity (Wildman–Crippen MR) is 95.5 cm³/mol. The van der Waals surface area contributed by atoms with Crippen molar-refractivity contribution < 1.29 is 13.2 Å². The minimum Gasteiger partial charge on any atom is -0.495 e. The van der Waals surface area contributed by atoms with Gasteiger partial charge in [-0.25, -0.2) is 8.42 Å². The molecule has 1 N–H and O–H groups in total. The summed E-state index contributed by atoms with van der Waals surface area (Å²) in [5, 5.41) is 3.03. The first kappa shape index (κ1) is 18.4. The summed E-state index contributed by atoms with van der Waals surface area (Å²) in [5.41, 5.74) is 1.85. The quantitative estimate of drug-likeness (QED) is 0.797. The highest BCUT2D eigenvalue weighted by molar-refractivity contribution is 7.89. The van der Waals surface area contributed by atoms with Gasteiger partial charge in [0, 0.05) is 19.6 Å². The van der Waals surface area contributed by atoms with E-state index >= 15 is 0 Å². The number of rotatable bonds is 8. The summed E-state index contributed by atoms with van der Waals surface area (Å²) in [6.45, 7) is 3.15. The van der Waals surface area contributed by atoms with Crippen molar-refractivity contribution >= 4 is 10.0 Å². The Bertz CT molecular complexity index is 761. The molecule has 0 bridgehead atoms. The first-order chi connectivity index (χ1) is 11.5. The van der Waals surface area contributed by atoms with Crippen LogP contribution in [0, 0.1) is 0 Å². The van der Waals surface area contributed by atoms with E-state index in [1.54, 1.807) is 12.1 Å². The fourth-order valence-electron chi connectivity index (χ4n) is 2.53. The van der Waals surface area contributed by atoms with Crippen molar-refractivity contribution in [2.24, 2.45) is 0 Å². The minimum atomic E-state index is -3.65. The molecule has 2 aromatic rings. The molecule has 0 unspecified atom stereocenters. The van der Waals surface area contributed by atoms with Crippen LogP contribution in [-0.4, -0.2) is 33.4 Å². The third kappa shape index (κ3) is 4.14. The summed E-state index contributed by atoms with van der Waals surface area (Å²) in [5.74, 6) is 0.362. The molecule has 0 amide bonds. The van der Waals surface area contributed by atoms with E-state index in [1.165, 1.54) is 11.4 Å². The van der Waals surface area contributed by atoms with E-state index in [0.717, 1.165) is 11.1 Å². The van der Waals surface area contributed by atoms with E-state index in [0.29, 0.717) is 25.4 Å². The van der Waals surface area contributed by atoms with Crippen LogP contribution >= 0.6 is 0 Å². The highest BCUT2D eigenvalue weighted by Crippen LogP contribution is 2.28. The van der Waals surface area contributed by atoms with Crippen molar-refractivity contribution in [2.75, 3.05) is 20.7 Å². The topological polar surface area (TPSA) is 58.6 Å². The Labute approximate surface area is 144 Å². The zero-order chi connectivity index (χ0) is 17.6. The molecule has 6 heteroatoms. The number of benzene rings is 2. The highest BCUT2D eigenvalue weighted by atomic mass is 32.2. The van der Waals surface area contributed by atoms with Gasteiger partial charge >= 0.3 is 0 Å². The van der Waals surface area contributed by atoms with E-state index in [1.807, 2.05) is 50.4 Å². The highest BCUT2D eigenvalue weighted by Gasteiger charge is 2.27. The molecular formula is C18H24N2O3S. The van der Waals surface area contributed by atoms with E-state index in [4.69, 9.17) is 4.74 Å². The largest absolute Gasteiger partial charge is 0.495 e. The molecule has 0 heterocycles. The molecule has 0 fully saturated rings. The zero-order valence-corrected chi connectivity index (χ0v) is 15.1. The first-order valence-corrected chi connectivity index (χ1v) is 9.32. The minimum absolute atomic E-state index is 0.204. The lowest BCUT2D eigenvalue weighted by Gasteiger charge is -2.22. The van der Waals surface area contributed by atoms with Gasteiger partial charge < -0.3 is 10.1 Å². The van der Waals surface area contributed by atoms with Crippen LogP contribution in [0.4, 0.5) is 0 Å². The van der Waals surface area contributed by atoms with Gasteiger partial charge in [0.25, 0.3) is 0 Å². The molecule has 5 nitrogen and oxygen atoms in total. The number of nitrogens with zero attached hydrogens (tertiary/aromatic N) is 1. The fraction of sp³-hybridized carbons (Fsp3) is 0.333. The van der Waals surface area contributed by atoms with Crippen molar-refractivity contribution in [3.8, 4) is 5.75 Å². The van der Waals surface area contributed by atoms with Crippen molar-refractivity contribution in [1.29, 1.82) is 0 Å². The average molecular weight is 348 g/mol. The molecule has 0 saturated heterocycles. The van der Waals surface area contributed by atoms with Gasteiger partial charge in [0.15, 0.2) is 0 Å². The Hall–Kier alpha value is -1.89. The number of ether oxygens (including phenoxy) is 1. The lowest BCUT2D eigenvalue weighted by molar-refractivity contribution is 0.391. The summed E-state index contributed by atoms with van der Waals surface area (Å²) >= 11 is 0. The summed E-state index contributed by atoms with van der Waals surface area (Å²) < 4.78 is 33.0. The average Bonchev–Trinajstić information content (AvgIpc) is 2.60. The normalized spacial score (nSPS) is 11.7. The van der Waals surface area contributed by atoms with Gasteiger partial charge in [-0.05, 0) is 30.3 Å². The smallest absolute Gasteiger partial charge is 0.247 e. The zero-order valence-electron chi connectivity index (χ0n) is 14.3. The Kier molecular flexibility index (Phi) is 6.36. The van der Waals surface area contributed by atoms with Gasteiger partial charge in [-0.15, -0.1) is 0 Å². The third-order valence-electron chi connectivity index (χ3n) is 3.78. The summed E-state index contributed by atoms with van der Waals surface area (Å²) in [6.07, 6.45) is 0. The molecule has 2 rings (SSSR count). The molecule has 0 aliphatic carbocycles. The fourth-order valence-corrected chi connectivity index (χ4v) is 4.17. The second-order valence-electron chi connectivity index (χ2n) is 5.43. The standard InChI is InChI=1S/C18H24N2O3S/c1-4-20(14-15-8-6-5-7-9-15)24(21,22)18-12-16(13-19-2)10-11-17(18)23-3/h5-12,19H,4,13-14H2,1-3H3. The van der Waals surface area contributed by atoms with Gasteiger partial charge in [0.05, 0.1) is 7.11 Å². The molecule has 0 atom stereocenters. The number of sulfonamides is 1. The van der Waals surface area contributed by atoms with Gasteiger partial charge in [0.1, 0.15) is 10.6 Å². The first-order valence-electron chi connectivity index (χ1n) is 7.88. The Morgan fingerprint density at radius 1 is 1.08 bits per heavy atom. The van der Waals surface area contributed by atoms with Gasteiger partial charge in [-0.2, -0.15) is 4.31 Å². The van der Waals surface area contributed by atoms with Crippen molar-refractivity contribution in [3.05, 3.63) is 59.7 Å². The van der Waals surface area contributed by atoms with Gasteiger partial charge in [0.2, 0.25) is 10.0 Å². The van der Waals surface area contributed by atoms with Gasteiger partial charge in [-0.3, -0.25) is 0 Å². The Morgan fingerprint density at radius 3 is 2.38 bits per heavy atom. The van der Waals surface area contributed by atoms with Crippen LogP contribution in [0.2, 0.25) is 0 Å². The van der Waals surface area contributed by atoms with Crippen LogP contribution in [-0.2, 0) is 23.1 Å². The lowest BCUT2D eigenvalue weighted by Crippen LogP contribution is -2.31. The van der Waals surface area contributed by atoms with Crippen LogP contribution in [0.5, 0.6) is 5.75 Å². The van der Waals surface area contributed by atoms with E-state index in [9.17, 15) is 8.42 Å². The summed E-state index contributed by atoms with van der Waals surface area (Å²) in [4.78, 5) is 0.204. The predicted octanol–water partition coefficient (Wildman–Crippen LogP) is 2.63. The maximum atomic E-state index is 13.1. The molecule has 0 spiro atoms. The molecule has 0 aromatic heterocycles. The van der Waals surface area contributed by atoms with Crippen molar-refractivity contribution in [2.45, 2.75) is 24.9 Å². The third-order valence-corrected chi connectivity index (χ3v) is 5.72. The molecule has 0 aliphatic heterocycles. The SMILES string of the molecule is CCN(Cc1ccccc1)S(=O)(=O)c1cc(CNC)ccc1OC. The van der Waals surface area contributed by atoms with Crippen LogP contribution < -0.4 is 10.1 Å².